The Hall–Kier alpha value is -3.06. The van der Waals surface area contributed by atoms with Crippen LogP contribution in [0.4, 0.5) is 4.79 Å². The SMILES string of the molecule is CCOC(=O)n1c(SCc2ccc(OC)cc2)nc2c(c1=O)C1(CCCCC1)Cc1ccccc1-2. The highest BCUT2D eigenvalue weighted by atomic mass is 32.2. The van der Waals surface area contributed by atoms with Crippen LogP contribution in [0.3, 0.4) is 0 Å². The second-order valence-corrected chi connectivity index (χ2v) is 10.2. The predicted molar refractivity (Wildman–Crippen MR) is 137 cm³/mol. The van der Waals surface area contributed by atoms with Gasteiger partial charge in [-0.1, -0.05) is 67.4 Å². The first-order valence-electron chi connectivity index (χ1n) is 12.2. The Kier molecular flexibility index (Phi) is 6.69. The minimum atomic E-state index is -0.658. The monoisotopic (exact) mass is 490 g/mol. The van der Waals surface area contributed by atoms with E-state index in [1.807, 2.05) is 36.4 Å². The predicted octanol–water partition coefficient (Wildman–Crippen LogP) is 5.97. The summed E-state index contributed by atoms with van der Waals surface area (Å²) in [4.78, 5) is 32.2. The smallest absolute Gasteiger partial charge is 0.423 e. The van der Waals surface area contributed by atoms with Gasteiger partial charge in [0.2, 0.25) is 0 Å². The lowest BCUT2D eigenvalue weighted by Crippen LogP contribution is -2.44. The van der Waals surface area contributed by atoms with E-state index in [-0.39, 0.29) is 17.6 Å². The summed E-state index contributed by atoms with van der Waals surface area (Å²) in [5.74, 6) is 1.34. The molecule has 0 amide bonds. The van der Waals surface area contributed by atoms with Crippen molar-refractivity contribution in [2.75, 3.05) is 13.7 Å². The van der Waals surface area contributed by atoms with Crippen molar-refractivity contribution >= 4 is 17.9 Å². The van der Waals surface area contributed by atoms with E-state index in [0.29, 0.717) is 16.5 Å². The van der Waals surface area contributed by atoms with Crippen molar-refractivity contribution in [2.24, 2.45) is 0 Å². The average molecular weight is 491 g/mol. The van der Waals surface area contributed by atoms with E-state index >= 15 is 0 Å². The van der Waals surface area contributed by atoms with E-state index in [0.717, 1.165) is 54.7 Å². The number of carbonyl (C=O) groups is 1. The Morgan fingerprint density at radius 3 is 2.54 bits per heavy atom. The number of ether oxygens (including phenoxy) is 2. The maximum Gasteiger partial charge on any atom is 0.423 e. The van der Waals surface area contributed by atoms with Gasteiger partial charge < -0.3 is 9.47 Å². The molecule has 182 valence electrons. The number of nitrogens with zero attached hydrogens (tertiary/aromatic N) is 2. The number of benzene rings is 2. The van der Waals surface area contributed by atoms with Gasteiger partial charge in [-0.3, -0.25) is 4.79 Å². The maximum absolute atomic E-state index is 14.1. The van der Waals surface area contributed by atoms with Crippen LogP contribution in [0.2, 0.25) is 0 Å². The van der Waals surface area contributed by atoms with E-state index < -0.39 is 6.09 Å². The zero-order valence-corrected chi connectivity index (χ0v) is 21.0. The normalized spacial score (nSPS) is 15.8. The minimum Gasteiger partial charge on any atom is -0.497 e. The maximum atomic E-state index is 14.1. The van der Waals surface area contributed by atoms with E-state index in [2.05, 4.69) is 12.1 Å². The van der Waals surface area contributed by atoms with Crippen LogP contribution >= 0.6 is 11.8 Å². The van der Waals surface area contributed by atoms with Gasteiger partial charge in [-0.2, -0.15) is 4.57 Å². The summed E-state index contributed by atoms with van der Waals surface area (Å²) >= 11 is 1.37. The van der Waals surface area contributed by atoms with Gasteiger partial charge in [0.05, 0.1) is 25.0 Å². The van der Waals surface area contributed by atoms with Crippen LogP contribution in [0.1, 0.15) is 55.7 Å². The molecule has 1 spiro atoms. The van der Waals surface area contributed by atoms with E-state index in [1.165, 1.54) is 28.3 Å². The lowest BCUT2D eigenvalue weighted by molar-refractivity contribution is 0.149. The zero-order valence-electron chi connectivity index (χ0n) is 20.2. The van der Waals surface area contributed by atoms with Gasteiger partial charge in [-0.05, 0) is 49.4 Å². The van der Waals surface area contributed by atoms with Gasteiger partial charge in [0.25, 0.3) is 5.56 Å². The molecule has 2 aromatic carbocycles. The molecule has 0 atom stereocenters. The lowest BCUT2D eigenvalue weighted by atomic mass is 9.62. The third-order valence-electron chi connectivity index (χ3n) is 7.17. The molecule has 1 fully saturated rings. The molecule has 1 aromatic heterocycles. The molecule has 6 nitrogen and oxygen atoms in total. The van der Waals surface area contributed by atoms with E-state index in [1.54, 1.807) is 14.0 Å². The van der Waals surface area contributed by atoms with Crippen molar-refractivity contribution in [1.82, 2.24) is 9.55 Å². The molecule has 0 radical (unpaired) electrons. The van der Waals surface area contributed by atoms with Crippen LogP contribution < -0.4 is 10.3 Å². The average Bonchev–Trinajstić information content (AvgIpc) is 2.88. The fraction of sp³-hybridized carbons (Fsp3) is 0.393. The molecule has 0 N–H and O–H groups in total. The van der Waals surface area contributed by atoms with Crippen molar-refractivity contribution < 1.29 is 14.3 Å². The molecule has 1 saturated carbocycles. The number of fused-ring (bicyclic) bond motifs is 4. The summed E-state index contributed by atoms with van der Waals surface area (Å²) in [6.45, 7) is 1.94. The molecule has 0 saturated heterocycles. The number of methoxy groups -OCH3 is 1. The summed E-state index contributed by atoms with van der Waals surface area (Å²) in [6, 6.07) is 16.0. The topological polar surface area (TPSA) is 70.4 Å². The molecule has 5 rings (SSSR count). The molecular formula is C28H30N2O4S. The van der Waals surface area contributed by atoms with Crippen LogP contribution in [0, 0.1) is 0 Å². The second-order valence-electron chi connectivity index (χ2n) is 9.27. The highest BCUT2D eigenvalue weighted by Gasteiger charge is 2.44. The lowest BCUT2D eigenvalue weighted by Gasteiger charge is -2.42. The van der Waals surface area contributed by atoms with E-state index in [9.17, 15) is 9.59 Å². The first-order chi connectivity index (χ1) is 17.1. The summed E-state index contributed by atoms with van der Waals surface area (Å²) in [5.41, 5.74) is 4.14. The molecule has 7 heteroatoms. The minimum absolute atomic E-state index is 0.193. The Bertz CT molecular complexity index is 1290. The molecule has 1 heterocycles. The molecule has 2 aliphatic carbocycles. The van der Waals surface area contributed by atoms with Gasteiger partial charge in [0.1, 0.15) is 5.75 Å². The molecule has 35 heavy (non-hydrogen) atoms. The molecule has 0 aliphatic heterocycles. The van der Waals surface area contributed by atoms with Crippen LogP contribution in [0.25, 0.3) is 11.3 Å². The van der Waals surface area contributed by atoms with Crippen molar-refractivity contribution in [2.45, 2.75) is 61.8 Å². The summed E-state index contributed by atoms with van der Waals surface area (Å²) in [6.07, 6.45) is 5.36. The first kappa shape index (κ1) is 23.7. The van der Waals surface area contributed by atoms with Gasteiger partial charge in [0.15, 0.2) is 5.16 Å². The first-order valence-corrected chi connectivity index (χ1v) is 13.2. The van der Waals surface area contributed by atoms with Gasteiger partial charge in [-0.25, -0.2) is 9.78 Å². The van der Waals surface area contributed by atoms with Crippen LogP contribution in [-0.4, -0.2) is 29.4 Å². The molecule has 0 unspecified atom stereocenters. The van der Waals surface area contributed by atoms with E-state index in [4.69, 9.17) is 14.5 Å². The zero-order chi connectivity index (χ0) is 24.4. The van der Waals surface area contributed by atoms with Crippen LogP contribution in [0.15, 0.2) is 58.5 Å². The molecular weight excluding hydrogens is 460 g/mol. The number of carbonyl (C=O) groups excluding carboxylic acids is 1. The molecule has 0 bridgehead atoms. The highest BCUT2D eigenvalue weighted by molar-refractivity contribution is 7.98. The van der Waals surface area contributed by atoms with Crippen LogP contribution in [-0.2, 0) is 22.3 Å². The third kappa shape index (κ3) is 4.38. The van der Waals surface area contributed by atoms with Gasteiger partial charge >= 0.3 is 6.09 Å². The number of hydrogen-bond acceptors (Lipinski definition) is 6. The molecule has 3 aromatic rings. The number of aromatic nitrogens is 2. The molecule has 2 aliphatic rings. The fourth-order valence-corrected chi connectivity index (χ4v) is 6.43. The van der Waals surface area contributed by atoms with Crippen molar-refractivity contribution in [3.63, 3.8) is 0 Å². The fourth-order valence-electron chi connectivity index (χ4n) is 5.50. The summed E-state index contributed by atoms with van der Waals surface area (Å²) < 4.78 is 11.7. The quantitative estimate of drug-likeness (QED) is 0.324. The highest BCUT2D eigenvalue weighted by Crippen LogP contribution is 2.48. The number of thioether (sulfide) groups is 1. The third-order valence-corrected chi connectivity index (χ3v) is 8.18. The van der Waals surface area contributed by atoms with Crippen molar-refractivity contribution in [1.29, 1.82) is 0 Å². The largest absolute Gasteiger partial charge is 0.497 e. The standard InChI is InChI=1S/C28H30N2O4S/c1-3-34-27(32)30-25(31)23-24(29-26(30)35-18-19-11-13-21(33-2)14-12-19)22-10-6-5-9-20(22)17-28(23)15-7-4-8-16-28/h5-6,9-14H,3-4,7-8,15-18H2,1-2H3. The number of hydrogen-bond donors (Lipinski definition) is 0. The van der Waals surface area contributed by atoms with Gasteiger partial charge in [-0.15, -0.1) is 0 Å². The Morgan fingerprint density at radius 2 is 1.83 bits per heavy atom. The Balaban J connectivity index is 1.65. The van der Waals surface area contributed by atoms with Crippen molar-refractivity contribution in [3.05, 3.63) is 75.6 Å². The summed E-state index contributed by atoms with van der Waals surface area (Å²) in [7, 11) is 1.63. The number of rotatable bonds is 5. The Labute approximate surface area is 209 Å². The second kappa shape index (κ2) is 9.90. The van der Waals surface area contributed by atoms with Gasteiger partial charge in [0, 0.05) is 16.7 Å². The summed E-state index contributed by atoms with van der Waals surface area (Å²) in [5, 5.41) is 0.366. The van der Waals surface area contributed by atoms with Crippen LogP contribution in [0.5, 0.6) is 5.75 Å². The van der Waals surface area contributed by atoms with Crippen molar-refractivity contribution in [3.8, 4) is 17.0 Å². The Morgan fingerprint density at radius 1 is 1.09 bits per heavy atom.